The van der Waals surface area contributed by atoms with Gasteiger partial charge in [0, 0.05) is 12.0 Å². The molecule has 198 valence electrons. The van der Waals surface area contributed by atoms with Crippen LogP contribution in [0.5, 0.6) is 0 Å². The van der Waals surface area contributed by atoms with Crippen LogP contribution < -0.4 is 5.32 Å². The number of anilines is 1. The molecule has 1 N–H and O–H groups in total. The number of benzene rings is 2. The Bertz CT molecular complexity index is 1210. The minimum atomic E-state index is -0.0167. The molecule has 0 aliphatic heterocycles. The van der Waals surface area contributed by atoms with Gasteiger partial charge in [-0.2, -0.15) is 0 Å². The van der Waals surface area contributed by atoms with Crippen molar-refractivity contribution in [3.05, 3.63) is 77.0 Å². The van der Waals surface area contributed by atoms with Gasteiger partial charge in [0.05, 0.1) is 17.6 Å². The van der Waals surface area contributed by atoms with Crippen molar-refractivity contribution in [1.29, 1.82) is 0 Å². The standard InChI is InChI=1S/C32H38N4O2/c1-2-22-15-24-17-25(16-22)19-26(18-24)20-29-32(35-31(37)10-6-9-23-7-4-3-5-8-23)33-21-30(34-29)27-11-13-28(36-38)14-12-27/h3-5,7-8,11-14,21-22,24-26H,2,6,9-10,15-20H2,1H3,(H,33,35,37). The van der Waals surface area contributed by atoms with E-state index in [-0.39, 0.29) is 5.91 Å². The first-order valence-corrected chi connectivity index (χ1v) is 14.2. The summed E-state index contributed by atoms with van der Waals surface area (Å²) in [6, 6.07) is 17.4. The van der Waals surface area contributed by atoms with Crippen molar-refractivity contribution in [2.24, 2.45) is 28.8 Å². The highest BCUT2D eigenvalue weighted by molar-refractivity contribution is 5.90. The number of rotatable bonds is 10. The summed E-state index contributed by atoms with van der Waals surface area (Å²) in [5.74, 6) is 3.65. The SMILES string of the molecule is CCC1CC2CC(Cc3nc(-c4ccc(N=O)cc4)cnc3NC(=O)CCCc3ccccc3)CC(C1)C2. The Balaban J connectivity index is 1.31. The van der Waals surface area contributed by atoms with Crippen molar-refractivity contribution in [2.75, 3.05) is 5.32 Å². The summed E-state index contributed by atoms with van der Waals surface area (Å²) in [7, 11) is 0. The molecule has 1 aromatic heterocycles. The van der Waals surface area contributed by atoms with Crippen LogP contribution in [0.15, 0.2) is 66.0 Å². The minimum absolute atomic E-state index is 0.0167. The molecule has 3 aromatic rings. The number of aromatic nitrogens is 2. The Hall–Kier alpha value is -3.41. The number of hydrogen-bond donors (Lipinski definition) is 1. The number of carbonyl (C=O) groups is 1. The lowest BCUT2D eigenvalue weighted by Gasteiger charge is -2.42. The number of nitrogens with zero attached hydrogens (tertiary/aromatic N) is 3. The van der Waals surface area contributed by atoms with Crippen LogP contribution in [-0.2, 0) is 17.6 Å². The number of nitroso groups, excluding NO2 is 1. The molecule has 2 saturated carbocycles. The van der Waals surface area contributed by atoms with Crippen LogP contribution >= 0.6 is 0 Å². The van der Waals surface area contributed by atoms with E-state index in [0.29, 0.717) is 23.8 Å². The predicted molar refractivity (Wildman–Crippen MR) is 152 cm³/mol. The van der Waals surface area contributed by atoms with Gasteiger partial charge in [-0.15, -0.1) is 4.91 Å². The second kappa shape index (κ2) is 12.4. The lowest BCUT2D eigenvalue weighted by Crippen LogP contribution is -2.32. The van der Waals surface area contributed by atoms with Crippen molar-refractivity contribution in [3.8, 4) is 11.3 Å². The number of aryl methyl sites for hydroxylation is 1. The van der Waals surface area contributed by atoms with Gasteiger partial charge in [0.15, 0.2) is 5.82 Å². The van der Waals surface area contributed by atoms with Gasteiger partial charge in [-0.1, -0.05) is 55.8 Å². The Morgan fingerprint density at radius 1 is 0.947 bits per heavy atom. The van der Waals surface area contributed by atoms with Crippen molar-refractivity contribution >= 4 is 17.4 Å². The smallest absolute Gasteiger partial charge is 0.225 e. The van der Waals surface area contributed by atoms with Crippen LogP contribution in [0.2, 0.25) is 0 Å². The molecule has 2 aliphatic carbocycles. The molecule has 2 aliphatic rings. The fourth-order valence-electron chi connectivity index (χ4n) is 6.70. The number of fused-ring (bicyclic) bond motifs is 2. The molecule has 0 spiro atoms. The van der Waals surface area contributed by atoms with Gasteiger partial charge in [-0.05, 0) is 97.9 Å². The molecule has 6 heteroatoms. The van der Waals surface area contributed by atoms with E-state index in [9.17, 15) is 9.70 Å². The summed E-state index contributed by atoms with van der Waals surface area (Å²) >= 11 is 0. The maximum atomic E-state index is 12.9. The third-order valence-corrected chi connectivity index (χ3v) is 8.48. The van der Waals surface area contributed by atoms with Crippen LogP contribution in [0.3, 0.4) is 0 Å². The first-order chi connectivity index (χ1) is 18.6. The predicted octanol–water partition coefficient (Wildman–Crippen LogP) is 7.90. The zero-order chi connectivity index (χ0) is 26.3. The highest BCUT2D eigenvalue weighted by atomic mass is 16.3. The molecule has 2 bridgehead atoms. The fourth-order valence-corrected chi connectivity index (χ4v) is 6.70. The largest absolute Gasteiger partial charge is 0.309 e. The molecule has 5 rings (SSSR count). The highest BCUT2D eigenvalue weighted by Crippen LogP contribution is 2.46. The molecule has 2 atom stereocenters. The molecule has 2 unspecified atom stereocenters. The van der Waals surface area contributed by atoms with Gasteiger partial charge in [-0.3, -0.25) is 4.79 Å². The average molecular weight is 511 g/mol. The molecule has 0 radical (unpaired) electrons. The summed E-state index contributed by atoms with van der Waals surface area (Å²) in [6.45, 7) is 2.33. The molecule has 2 fully saturated rings. The van der Waals surface area contributed by atoms with Crippen molar-refractivity contribution in [2.45, 2.75) is 71.1 Å². The summed E-state index contributed by atoms with van der Waals surface area (Å²) < 4.78 is 0. The molecule has 6 nitrogen and oxygen atoms in total. The van der Waals surface area contributed by atoms with Gasteiger partial charge in [-0.25, -0.2) is 9.97 Å². The van der Waals surface area contributed by atoms with Gasteiger partial charge in [0.2, 0.25) is 5.91 Å². The topological polar surface area (TPSA) is 84.3 Å². The molecule has 0 saturated heterocycles. The number of amides is 1. The van der Waals surface area contributed by atoms with E-state index in [1.807, 2.05) is 30.3 Å². The molecule has 2 aromatic carbocycles. The van der Waals surface area contributed by atoms with E-state index in [2.05, 4.69) is 34.5 Å². The van der Waals surface area contributed by atoms with E-state index in [1.165, 1.54) is 44.1 Å². The number of carbonyl (C=O) groups excluding carboxylic acids is 1. The number of nitrogens with one attached hydrogen (secondary N) is 1. The van der Waals surface area contributed by atoms with Crippen molar-refractivity contribution in [1.82, 2.24) is 9.97 Å². The van der Waals surface area contributed by atoms with E-state index < -0.39 is 0 Å². The molecular weight excluding hydrogens is 472 g/mol. The normalized spacial score (nSPS) is 22.6. The Morgan fingerprint density at radius 3 is 2.34 bits per heavy atom. The number of hydrogen-bond acceptors (Lipinski definition) is 5. The summed E-state index contributed by atoms with van der Waals surface area (Å²) in [4.78, 5) is 33.4. The van der Waals surface area contributed by atoms with E-state index in [1.54, 1.807) is 18.3 Å². The van der Waals surface area contributed by atoms with Gasteiger partial charge in [0.1, 0.15) is 5.69 Å². The Labute approximate surface area is 225 Å². The lowest BCUT2D eigenvalue weighted by molar-refractivity contribution is -0.116. The molecule has 1 heterocycles. The van der Waals surface area contributed by atoms with Crippen LogP contribution in [0.4, 0.5) is 11.5 Å². The highest BCUT2D eigenvalue weighted by Gasteiger charge is 2.36. The van der Waals surface area contributed by atoms with E-state index >= 15 is 0 Å². The average Bonchev–Trinajstić information content (AvgIpc) is 2.94. The first-order valence-electron chi connectivity index (χ1n) is 14.2. The Morgan fingerprint density at radius 2 is 1.66 bits per heavy atom. The van der Waals surface area contributed by atoms with Gasteiger partial charge in [0.25, 0.3) is 0 Å². The van der Waals surface area contributed by atoms with Crippen molar-refractivity contribution in [3.63, 3.8) is 0 Å². The van der Waals surface area contributed by atoms with Gasteiger partial charge < -0.3 is 5.32 Å². The summed E-state index contributed by atoms with van der Waals surface area (Å²) in [5.41, 5.74) is 4.14. The lowest BCUT2D eigenvalue weighted by atomic mass is 9.63. The Kier molecular flexibility index (Phi) is 8.57. The second-order valence-electron chi connectivity index (χ2n) is 11.3. The van der Waals surface area contributed by atoms with Crippen molar-refractivity contribution < 1.29 is 4.79 Å². The quantitative estimate of drug-likeness (QED) is 0.281. The van der Waals surface area contributed by atoms with Crippen LogP contribution in [0.25, 0.3) is 11.3 Å². The molecule has 1 amide bonds. The van der Waals surface area contributed by atoms with Crippen LogP contribution in [0, 0.1) is 28.6 Å². The zero-order valence-corrected chi connectivity index (χ0v) is 22.3. The van der Waals surface area contributed by atoms with Gasteiger partial charge >= 0.3 is 0 Å². The van der Waals surface area contributed by atoms with Crippen LogP contribution in [0.1, 0.15) is 69.5 Å². The molecule has 38 heavy (non-hydrogen) atoms. The minimum Gasteiger partial charge on any atom is -0.309 e. The van der Waals surface area contributed by atoms with E-state index in [4.69, 9.17) is 4.98 Å². The maximum Gasteiger partial charge on any atom is 0.225 e. The fraction of sp³-hybridized carbons (Fsp3) is 0.469. The second-order valence-corrected chi connectivity index (χ2v) is 11.3. The van der Waals surface area contributed by atoms with Crippen LogP contribution in [-0.4, -0.2) is 15.9 Å². The van der Waals surface area contributed by atoms with E-state index in [0.717, 1.165) is 54.0 Å². The third-order valence-electron chi connectivity index (χ3n) is 8.48. The summed E-state index contributed by atoms with van der Waals surface area (Å²) in [5, 5.41) is 6.08. The third kappa shape index (κ3) is 6.72. The zero-order valence-electron chi connectivity index (χ0n) is 22.3. The summed E-state index contributed by atoms with van der Waals surface area (Å²) in [6.07, 6.45) is 12.5. The first kappa shape index (κ1) is 26.2. The molecular formula is C32H38N4O2. The maximum absolute atomic E-state index is 12.9. The monoisotopic (exact) mass is 510 g/mol.